The Labute approximate surface area is 222 Å². The van der Waals surface area contributed by atoms with Gasteiger partial charge in [0.1, 0.15) is 17.8 Å². The van der Waals surface area contributed by atoms with Gasteiger partial charge in [-0.2, -0.15) is 0 Å². The van der Waals surface area contributed by atoms with E-state index in [1.165, 1.54) is 6.92 Å². The van der Waals surface area contributed by atoms with Crippen molar-refractivity contribution in [3.63, 3.8) is 0 Å². The molecule has 1 saturated heterocycles. The molecule has 2 heterocycles. The monoisotopic (exact) mass is 519 g/mol. The van der Waals surface area contributed by atoms with Crippen LogP contribution in [0.1, 0.15) is 53.8 Å². The molecule has 38 heavy (non-hydrogen) atoms. The topological polar surface area (TPSA) is 106 Å². The van der Waals surface area contributed by atoms with Gasteiger partial charge < -0.3 is 19.0 Å². The molecule has 1 N–H and O–H groups in total. The predicted molar refractivity (Wildman–Crippen MR) is 141 cm³/mol. The summed E-state index contributed by atoms with van der Waals surface area (Å²) < 4.78 is 16.9. The second-order valence-corrected chi connectivity index (χ2v) is 9.51. The number of Topliss-reactive ketones (excluding diaryl/α,β-unsaturated/α-hetero) is 1. The number of amides is 2. The fraction of sp³-hybridized carbons (Fsp3) is 0.367. The molecule has 0 saturated carbocycles. The van der Waals surface area contributed by atoms with Gasteiger partial charge in [0.05, 0.1) is 19.3 Å². The second kappa shape index (κ2) is 12.2. The first-order valence-electron chi connectivity index (χ1n) is 12.8. The second-order valence-electron chi connectivity index (χ2n) is 9.51. The van der Waals surface area contributed by atoms with Crippen molar-refractivity contribution in [2.24, 2.45) is 5.92 Å². The van der Waals surface area contributed by atoms with E-state index in [-0.39, 0.29) is 19.0 Å². The number of ketones is 1. The van der Waals surface area contributed by atoms with Gasteiger partial charge in [-0.15, -0.1) is 0 Å². The average molecular weight is 520 g/mol. The molecule has 8 nitrogen and oxygen atoms in total. The van der Waals surface area contributed by atoms with Gasteiger partial charge in [-0.3, -0.25) is 9.59 Å². The lowest BCUT2D eigenvalue weighted by Crippen LogP contribution is -2.43. The fourth-order valence-electron chi connectivity index (χ4n) is 4.67. The smallest absolute Gasteiger partial charge is 0.417 e. The first-order valence-corrected chi connectivity index (χ1v) is 12.8. The van der Waals surface area contributed by atoms with Crippen molar-refractivity contribution in [2.75, 3.05) is 19.8 Å². The zero-order valence-electron chi connectivity index (χ0n) is 21.9. The normalized spacial score (nSPS) is 17.9. The minimum atomic E-state index is -1.14. The van der Waals surface area contributed by atoms with Crippen LogP contribution in [0.3, 0.4) is 0 Å². The summed E-state index contributed by atoms with van der Waals surface area (Å²) in [6.45, 7) is 5.85. The number of carbonyl (C=O) groups is 3. The Morgan fingerprint density at radius 1 is 1.08 bits per heavy atom. The van der Waals surface area contributed by atoms with E-state index in [9.17, 15) is 14.4 Å². The number of cyclic esters (lactones) is 1. The first kappa shape index (κ1) is 27.3. The summed E-state index contributed by atoms with van der Waals surface area (Å²) in [6, 6.07) is 18.2. The van der Waals surface area contributed by atoms with Gasteiger partial charge in [0.25, 0.3) is 0 Å². The molecule has 200 valence electrons. The van der Waals surface area contributed by atoms with Crippen molar-refractivity contribution in [1.82, 2.24) is 4.90 Å². The molecule has 0 aliphatic carbocycles. The van der Waals surface area contributed by atoms with Gasteiger partial charge in [0, 0.05) is 18.6 Å². The number of aliphatic hydroxyl groups is 1. The number of nitrogens with zero attached hydrogens (tertiary/aromatic N) is 1. The Morgan fingerprint density at radius 2 is 1.84 bits per heavy atom. The Kier molecular flexibility index (Phi) is 8.76. The van der Waals surface area contributed by atoms with Crippen LogP contribution < -0.4 is 0 Å². The molecular formula is C30H33NO7. The molecule has 0 spiro atoms. The van der Waals surface area contributed by atoms with Crippen molar-refractivity contribution in [3.05, 3.63) is 83.3 Å². The van der Waals surface area contributed by atoms with E-state index in [0.29, 0.717) is 25.2 Å². The van der Waals surface area contributed by atoms with E-state index in [1.54, 1.807) is 13.0 Å². The van der Waals surface area contributed by atoms with Gasteiger partial charge in [0.15, 0.2) is 5.76 Å². The van der Waals surface area contributed by atoms with Crippen LogP contribution in [0.4, 0.5) is 4.79 Å². The van der Waals surface area contributed by atoms with Crippen molar-refractivity contribution in [3.8, 4) is 11.1 Å². The van der Waals surface area contributed by atoms with Crippen LogP contribution in [-0.2, 0) is 20.7 Å². The number of hydrogen-bond donors (Lipinski definition) is 1. The zero-order chi connectivity index (χ0) is 27.2. The third kappa shape index (κ3) is 5.87. The average Bonchev–Trinajstić information content (AvgIpc) is 3.48. The minimum Gasteiger partial charge on any atom is -0.457 e. The maximum Gasteiger partial charge on any atom is 0.417 e. The molecule has 0 radical (unpaired) electrons. The summed E-state index contributed by atoms with van der Waals surface area (Å²) in [7, 11) is 0. The molecule has 8 heteroatoms. The highest BCUT2D eigenvalue weighted by Gasteiger charge is 2.46. The Morgan fingerprint density at radius 3 is 2.55 bits per heavy atom. The van der Waals surface area contributed by atoms with Crippen LogP contribution in [0.15, 0.2) is 65.1 Å². The molecule has 4 rings (SSSR count). The van der Waals surface area contributed by atoms with Gasteiger partial charge in [-0.25, -0.2) is 9.69 Å². The minimum absolute atomic E-state index is 0.0465. The van der Waals surface area contributed by atoms with Crippen LogP contribution in [-0.4, -0.2) is 53.7 Å². The maximum absolute atomic E-state index is 13.4. The van der Waals surface area contributed by atoms with Gasteiger partial charge in [-0.1, -0.05) is 60.2 Å². The molecule has 3 aromatic rings. The molecule has 0 bridgehead atoms. The molecule has 2 amide bonds. The molecule has 1 fully saturated rings. The Hall–Kier alpha value is -3.75. The molecular weight excluding hydrogens is 486 g/mol. The highest BCUT2D eigenvalue weighted by atomic mass is 16.6. The van der Waals surface area contributed by atoms with E-state index in [0.717, 1.165) is 27.2 Å². The van der Waals surface area contributed by atoms with E-state index in [4.69, 9.17) is 19.0 Å². The van der Waals surface area contributed by atoms with E-state index in [1.807, 2.05) is 61.5 Å². The zero-order valence-corrected chi connectivity index (χ0v) is 21.9. The SMILES string of the molecule is Cc1cccc(-c2cc(C(=O)[C@@H](C)C(=O)N3C(=O)O[C@@H](c4ccccc4)[C@H]3C)oc2CCCOCCO)c1. The number of aryl methyl sites for hydroxylation is 2. The number of imide groups is 1. The molecule has 1 aromatic heterocycles. The van der Waals surface area contributed by atoms with Crippen LogP contribution in [0.2, 0.25) is 0 Å². The third-order valence-electron chi connectivity index (χ3n) is 6.71. The van der Waals surface area contributed by atoms with Gasteiger partial charge in [-0.05, 0) is 44.4 Å². The summed E-state index contributed by atoms with van der Waals surface area (Å²) in [5.41, 5.74) is 3.52. The van der Waals surface area contributed by atoms with E-state index >= 15 is 0 Å². The summed E-state index contributed by atoms with van der Waals surface area (Å²) in [4.78, 5) is 40.5. The predicted octanol–water partition coefficient (Wildman–Crippen LogP) is 5.12. The highest BCUT2D eigenvalue weighted by molar-refractivity contribution is 6.12. The van der Waals surface area contributed by atoms with Crippen molar-refractivity contribution >= 4 is 17.8 Å². The Bertz CT molecular complexity index is 1280. The number of ether oxygens (including phenoxy) is 2. The Balaban J connectivity index is 1.54. The summed E-state index contributed by atoms with van der Waals surface area (Å²) in [5, 5.41) is 8.91. The summed E-state index contributed by atoms with van der Waals surface area (Å²) in [6.07, 6.45) is -0.226. The van der Waals surface area contributed by atoms with Crippen molar-refractivity contribution < 1.29 is 33.4 Å². The van der Waals surface area contributed by atoms with Crippen LogP contribution in [0.5, 0.6) is 0 Å². The maximum atomic E-state index is 13.4. The quantitative estimate of drug-likeness (QED) is 0.213. The molecule has 2 aromatic carbocycles. The van der Waals surface area contributed by atoms with Gasteiger partial charge in [0.2, 0.25) is 11.7 Å². The number of carbonyl (C=O) groups excluding carboxylic acids is 3. The largest absolute Gasteiger partial charge is 0.457 e. The molecule has 1 aliphatic rings. The van der Waals surface area contributed by atoms with Crippen LogP contribution >= 0.6 is 0 Å². The summed E-state index contributed by atoms with van der Waals surface area (Å²) in [5.74, 6) is -1.59. The molecule has 1 aliphatic heterocycles. The first-order chi connectivity index (χ1) is 18.3. The van der Waals surface area contributed by atoms with Crippen molar-refractivity contribution in [1.29, 1.82) is 0 Å². The van der Waals surface area contributed by atoms with Crippen LogP contribution in [0, 0.1) is 12.8 Å². The number of benzene rings is 2. The summed E-state index contributed by atoms with van der Waals surface area (Å²) >= 11 is 0. The van der Waals surface area contributed by atoms with E-state index in [2.05, 4.69) is 0 Å². The number of furan rings is 1. The number of hydrogen-bond acceptors (Lipinski definition) is 7. The third-order valence-corrected chi connectivity index (χ3v) is 6.71. The van der Waals surface area contributed by atoms with Gasteiger partial charge >= 0.3 is 6.09 Å². The lowest BCUT2D eigenvalue weighted by atomic mass is 9.98. The van der Waals surface area contributed by atoms with E-state index < -0.39 is 35.8 Å². The van der Waals surface area contributed by atoms with Crippen LogP contribution in [0.25, 0.3) is 11.1 Å². The lowest BCUT2D eigenvalue weighted by Gasteiger charge is -2.21. The lowest BCUT2D eigenvalue weighted by molar-refractivity contribution is -0.131. The van der Waals surface area contributed by atoms with Crippen molar-refractivity contribution in [2.45, 2.75) is 45.8 Å². The fourth-order valence-corrected chi connectivity index (χ4v) is 4.67. The number of rotatable bonds is 11. The standard InChI is InChI=1S/C30H33NO7/c1-19-9-7-12-23(17-19)24-18-26(37-25(24)13-8-15-36-16-14-32)27(33)20(2)29(34)31-21(3)28(38-30(31)35)22-10-5-4-6-11-22/h4-7,9-12,17-18,20-21,28,32H,8,13-16H2,1-3H3/t20-,21-,28-/m1/s1. The number of aliphatic hydroxyl groups excluding tert-OH is 1. The molecule has 3 atom stereocenters. The highest BCUT2D eigenvalue weighted by Crippen LogP contribution is 2.34. The molecule has 0 unspecified atom stereocenters.